The van der Waals surface area contributed by atoms with Crippen LogP contribution in [-0.2, 0) is 25.5 Å². The molecule has 0 fully saturated rings. The van der Waals surface area contributed by atoms with Crippen LogP contribution in [0, 0.1) is 32.7 Å². The van der Waals surface area contributed by atoms with Gasteiger partial charge in [-0.15, -0.1) is 53.1 Å². The first-order valence-electron chi connectivity index (χ1n) is 27.4. The number of imidazole rings is 1. The van der Waals surface area contributed by atoms with Crippen LogP contribution in [0.1, 0.15) is 106 Å². The molecule has 3 heterocycles. The second-order valence-electron chi connectivity index (χ2n) is 19.0. The van der Waals surface area contributed by atoms with Gasteiger partial charge >= 0.3 is 0 Å². The number of nitrogens with zero attached hydrogens (tertiary/aromatic N) is 3. The number of aromatic nitrogens is 3. The predicted molar refractivity (Wildman–Crippen MR) is 283 cm³/mol. The maximum atomic E-state index is 8.57. The van der Waals surface area contributed by atoms with E-state index in [0.717, 1.165) is 43.7 Å². The monoisotopic (exact) mass is 1070 g/mol. The third-order valence-electron chi connectivity index (χ3n) is 12.7. The van der Waals surface area contributed by atoms with Crippen LogP contribution in [0.3, 0.4) is 0 Å². The van der Waals surface area contributed by atoms with Crippen molar-refractivity contribution < 1.29 is 36.9 Å². The van der Waals surface area contributed by atoms with Crippen molar-refractivity contribution in [1.82, 2.24) is 14.5 Å². The van der Waals surface area contributed by atoms with Crippen LogP contribution < -0.4 is 0 Å². The Balaban J connectivity index is 0.000000244. The van der Waals surface area contributed by atoms with Gasteiger partial charge in [0.05, 0.1) is 22.4 Å². The van der Waals surface area contributed by atoms with E-state index >= 15 is 0 Å². The Hall–Kier alpha value is -6.65. The molecule has 0 N–H and O–H groups in total. The summed E-state index contributed by atoms with van der Waals surface area (Å²) >= 11 is 0. The second-order valence-corrected chi connectivity index (χ2v) is 19.0. The summed E-state index contributed by atoms with van der Waals surface area (Å²) in [5.74, 6) is 1.05. The average molecular weight is 1070 g/mol. The van der Waals surface area contributed by atoms with E-state index in [1.165, 1.54) is 40.6 Å². The number of furan rings is 1. The Kier molecular flexibility index (Phi) is 9.87. The average Bonchev–Trinajstić information content (AvgIpc) is 3.97. The molecule has 0 spiro atoms. The predicted octanol–water partition coefficient (Wildman–Crippen LogP) is 17.4. The molecule has 0 aliphatic rings. The van der Waals surface area contributed by atoms with E-state index in [9.17, 15) is 0 Å². The van der Waals surface area contributed by atoms with Crippen LogP contribution in [0.4, 0.5) is 0 Å². The zero-order valence-corrected chi connectivity index (χ0v) is 41.6. The van der Waals surface area contributed by atoms with Gasteiger partial charge in [-0.25, -0.2) is 0 Å². The topological polar surface area (TPSA) is 43.9 Å². The minimum atomic E-state index is -2.38. The first-order valence-corrected chi connectivity index (χ1v) is 22.9. The number of fused-ring (bicyclic) bond motifs is 7. The maximum Gasteiger partial charge on any atom is 0.121 e. The molecule has 0 amide bonds. The molecule has 11 aromatic rings. The molecule has 0 unspecified atom stereocenters. The minimum absolute atomic E-state index is 0. The molecule has 5 heteroatoms. The van der Waals surface area contributed by atoms with Crippen LogP contribution in [0.15, 0.2) is 156 Å². The van der Waals surface area contributed by atoms with Crippen LogP contribution in [0.2, 0.25) is 0 Å². The summed E-state index contributed by atoms with van der Waals surface area (Å²) in [6.07, 6.45) is 1.38. The quantitative estimate of drug-likeness (QED) is 0.123. The SMILES string of the molecule is [2H]C([2H])([2H])c1c[c-]c(-c2cc(C(C)(C)C)c(C([2H])([2H])[2H])cn2)cc1.[2H]C([2H])([2H])c1c[c-]c(-c2nc3ccccc3n2-c2c(C(C)C)cc(-c3ccccc3)cc2C(C)C)c2oc3cc4c(ccc5ccccc54)cc3c12.[Ir]. The zero-order chi connectivity index (χ0) is 54.2. The molecule has 0 bridgehead atoms. The van der Waals surface area contributed by atoms with E-state index in [2.05, 4.69) is 128 Å². The second kappa shape index (κ2) is 18.4. The Labute approximate surface area is 427 Å². The van der Waals surface area contributed by atoms with Gasteiger partial charge in [-0.3, -0.25) is 4.98 Å². The van der Waals surface area contributed by atoms with Gasteiger partial charge in [0.1, 0.15) is 5.58 Å². The van der Waals surface area contributed by atoms with Gasteiger partial charge in [0.2, 0.25) is 0 Å². The van der Waals surface area contributed by atoms with Gasteiger partial charge in [-0.2, -0.15) is 0 Å². The minimum Gasteiger partial charge on any atom is -0.501 e. The van der Waals surface area contributed by atoms with Crippen molar-refractivity contribution in [1.29, 1.82) is 0 Å². The number of hydrogen-bond donors (Lipinski definition) is 0. The van der Waals surface area contributed by atoms with Crippen LogP contribution in [-0.4, -0.2) is 14.5 Å². The molecular formula is C63H57IrN3O-2. The van der Waals surface area contributed by atoms with Gasteiger partial charge in [0.25, 0.3) is 0 Å². The molecule has 0 atom stereocenters. The molecule has 1 radical (unpaired) electrons. The molecule has 0 saturated carbocycles. The van der Waals surface area contributed by atoms with Crippen LogP contribution >= 0.6 is 0 Å². The molecule has 0 aliphatic heterocycles. The Morgan fingerprint density at radius 3 is 2.07 bits per heavy atom. The fourth-order valence-corrected chi connectivity index (χ4v) is 9.33. The third kappa shape index (κ3) is 8.48. The number of hydrogen-bond acceptors (Lipinski definition) is 3. The number of aryl methyl sites for hydroxylation is 3. The van der Waals surface area contributed by atoms with Crippen molar-refractivity contribution in [3.63, 3.8) is 0 Å². The fraction of sp³-hybridized carbons (Fsp3) is 0.206. The molecule has 68 heavy (non-hydrogen) atoms. The molecule has 8 aromatic carbocycles. The fourth-order valence-electron chi connectivity index (χ4n) is 9.33. The van der Waals surface area contributed by atoms with Crippen LogP contribution in [0.25, 0.3) is 94.0 Å². The summed E-state index contributed by atoms with van der Waals surface area (Å²) in [7, 11) is 0. The van der Waals surface area contributed by atoms with Crippen molar-refractivity contribution in [3.8, 4) is 39.5 Å². The first kappa shape index (κ1) is 36.4. The van der Waals surface area contributed by atoms with E-state index in [4.69, 9.17) is 21.7 Å². The molecule has 0 aliphatic carbocycles. The summed E-state index contributed by atoms with van der Waals surface area (Å²) in [6, 6.07) is 54.3. The van der Waals surface area contributed by atoms with E-state index in [1.807, 2.05) is 57.2 Å². The largest absolute Gasteiger partial charge is 0.501 e. The molecular weight excluding hydrogens is 1010 g/mol. The van der Waals surface area contributed by atoms with Crippen LogP contribution in [0.5, 0.6) is 0 Å². The van der Waals surface area contributed by atoms with Crippen molar-refractivity contribution in [2.75, 3.05) is 0 Å². The Bertz CT molecular complexity index is 3970. The van der Waals surface area contributed by atoms with Crippen molar-refractivity contribution in [2.45, 2.75) is 86.3 Å². The Morgan fingerprint density at radius 2 is 1.37 bits per heavy atom. The summed E-state index contributed by atoms with van der Waals surface area (Å²) < 4.78 is 80.0. The number of pyridine rings is 1. The summed E-state index contributed by atoms with van der Waals surface area (Å²) in [6.45, 7) is 7.99. The number of rotatable bonds is 6. The van der Waals surface area contributed by atoms with E-state index < -0.39 is 20.6 Å². The summed E-state index contributed by atoms with van der Waals surface area (Å²) in [5, 5.41) is 5.67. The smallest absolute Gasteiger partial charge is 0.121 e. The molecule has 11 rings (SSSR count). The van der Waals surface area contributed by atoms with Gasteiger partial charge in [0.15, 0.2) is 0 Å². The van der Waals surface area contributed by atoms with Gasteiger partial charge in [-0.05, 0) is 121 Å². The van der Waals surface area contributed by atoms with Gasteiger partial charge in [-0.1, -0.05) is 158 Å². The van der Waals surface area contributed by atoms with Crippen molar-refractivity contribution >= 4 is 54.5 Å². The van der Waals surface area contributed by atoms with Crippen molar-refractivity contribution in [3.05, 3.63) is 197 Å². The number of para-hydroxylation sites is 2. The molecule has 0 saturated heterocycles. The number of benzene rings is 8. The summed E-state index contributed by atoms with van der Waals surface area (Å²) in [4.78, 5) is 9.53. The van der Waals surface area contributed by atoms with E-state index in [0.29, 0.717) is 44.8 Å². The molecule has 341 valence electrons. The third-order valence-corrected chi connectivity index (χ3v) is 12.7. The molecule has 4 nitrogen and oxygen atoms in total. The Morgan fingerprint density at radius 1 is 0.647 bits per heavy atom. The van der Waals surface area contributed by atoms with Gasteiger partial charge in [0, 0.05) is 49.7 Å². The van der Waals surface area contributed by atoms with Crippen molar-refractivity contribution in [2.24, 2.45) is 0 Å². The summed E-state index contributed by atoms with van der Waals surface area (Å²) in [5.41, 5.74) is 11.6. The van der Waals surface area contributed by atoms with E-state index in [1.54, 1.807) is 18.2 Å². The van der Waals surface area contributed by atoms with E-state index in [-0.39, 0.29) is 54.0 Å². The first-order chi connectivity index (χ1) is 35.9. The zero-order valence-electron chi connectivity index (χ0n) is 48.2. The maximum absolute atomic E-state index is 8.57. The van der Waals surface area contributed by atoms with Gasteiger partial charge < -0.3 is 14.0 Å². The standard InChI is InChI=1S/C46H37N2O.C17H20N.Ir/c1-27(2)36-24-33(30-13-7-6-8-14-30)25-37(28(3)4)44(36)48-41-18-12-11-17-40(41)47-46(48)35-22-19-29(5)43-39-23-32-21-20-31-15-9-10-16-34(31)38(32)26-42(39)49-45(35)43;1-12-6-8-14(9-7-12)16-10-15(17(3,4)5)13(2)11-18-16;/h6-21,23-28H,1-5H3;6-8,10-11H,1-5H3;/q2*-1;/i5D3;1D3,2D3;. The molecule has 3 aromatic heterocycles. The normalized spacial score (nSPS) is 14.3.